The van der Waals surface area contributed by atoms with Gasteiger partial charge in [0.05, 0.1) is 0 Å². The van der Waals surface area contributed by atoms with Gasteiger partial charge in [0.2, 0.25) is 0 Å². The second-order valence-electron chi connectivity index (χ2n) is 4.48. The molecule has 0 aromatic rings. The Balaban J connectivity index is 2.19. The highest BCUT2D eigenvalue weighted by atomic mass is 16.1. The number of Topliss-reactive ketones (excluding diaryl/α,β-unsaturated/α-hetero) is 1. The second kappa shape index (κ2) is 2.33. The molecule has 0 saturated heterocycles. The van der Waals surface area contributed by atoms with E-state index in [1.807, 2.05) is 0 Å². The zero-order chi connectivity index (χ0) is 7.90. The van der Waals surface area contributed by atoms with Crippen LogP contribution >= 0.6 is 0 Å². The van der Waals surface area contributed by atoms with Crippen molar-refractivity contribution in [3.05, 3.63) is 0 Å². The summed E-state index contributed by atoms with van der Waals surface area (Å²) < 4.78 is 0. The summed E-state index contributed by atoms with van der Waals surface area (Å²) in [7, 11) is 0. The van der Waals surface area contributed by atoms with Crippen LogP contribution in [0.5, 0.6) is 0 Å². The van der Waals surface area contributed by atoms with Crippen LogP contribution in [-0.4, -0.2) is 5.78 Å². The van der Waals surface area contributed by atoms with Gasteiger partial charge in [-0.25, -0.2) is 0 Å². The molecule has 2 saturated carbocycles. The van der Waals surface area contributed by atoms with E-state index in [-0.39, 0.29) is 5.41 Å². The molecule has 0 aliphatic heterocycles. The normalized spacial score (nSPS) is 44.1. The maximum Gasteiger partial charge on any atom is 0.138 e. The molecule has 0 amide bonds. The van der Waals surface area contributed by atoms with Gasteiger partial charge in [-0.3, -0.25) is 4.79 Å². The SMILES string of the molecule is CC12CCCC(CCC1=O)C2. The summed E-state index contributed by atoms with van der Waals surface area (Å²) in [6, 6.07) is 0. The number of rotatable bonds is 0. The minimum Gasteiger partial charge on any atom is -0.299 e. The predicted octanol–water partition coefficient (Wildman–Crippen LogP) is 2.55. The third-order valence-electron chi connectivity index (χ3n) is 3.53. The van der Waals surface area contributed by atoms with Crippen molar-refractivity contribution in [1.29, 1.82) is 0 Å². The molecular formula is C10H16O. The van der Waals surface area contributed by atoms with Gasteiger partial charge in [0.25, 0.3) is 0 Å². The van der Waals surface area contributed by atoms with Crippen LogP contribution in [0.15, 0.2) is 0 Å². The van der Waals surface area contributed by atoms with E-state index >= 15 is 0 Å². The van der Waals surface area contributed by atoms with E-state index in [2.05, 4.69) is 6.92 Å². The van der Waals surface area contributed by atoms with E-state index in [1.165, 1.54) is 25.7 Å². The second-order valence-corrected chi connectivity index (χ2v) is 4.48. The quantitative estimate of drug-likeness (QED) is 0.521. The van der Waals surface area contributed by atoms with Gasteiger partial charge >= 0.3 is 0 Å². The Hall–Kier alpha value is -0.330. The van der Waals surface area contributed by atoms with Gasteiger partial charge in [0, 0.05) is 11.8 Å². The zero-order valence-electron chi connectivity index (χ0n) is 7.23. The van der Waals surface area contributed by atoms with Crippen molar-refractivity contribution in [2.45, 2.75) is 45.4 Å². The third kappa shape index (κ3) is 1.11. The van der Waals surface area contributed by atoms with Gasteiger partial charge in [-0.1, -0.05) is 19.8 Å². The van der Waals surface area contributed by atoms with Crippen LogP contribution in [0.2, 0.25) is 0 Å². The minimum absolute atomic E-state index is 0.0984. The first-order valence-electron chi connectivity index (χ1n) is 4.74. The summed E-state index contributed by atoms with van der Waals surface area (Å²) in [5.74, 6) is 1.42. The van der Waals surface area contributed by atoms with Crippen molar-refractivity contribution in [3.63, 3.8) is 0 Å². The van der Waals surface area contributed by atoms with Gasteiger partial charge in [0.15, 0.2) is 0 Å². The predicted molar refractivity (Wildman–Crippen MR) is 44.3 cm³/mol. The average Bonchev–Trinajstić information content (AvgIpc) is 1.98. The highest BCUT2D eigenvalue weighted by Crippen LogP contribution is 2.46. The fourth-order valence-electron chi connectivity index (χ4n) is 2.76. The lowest BCUT2D eigenvalue weighted by molar-refractivity contribution is -0.134. The van der Waals surface area contributed by atoms with Crippen molar-refractivity contribution in [3.8, 4) is 0 Å². The van der Waals surface area contributed by atoms with Gasteiger partial charge in [-0.05, 0) is 25.2 Å². The van der Waals surface area contributed by atoms with E-state index in [9.17, 15) is 4.79 Å². The van der Waals surface area contributed by atoms with Crippen LogP contribution in [0.25, 0.3) is 0 Å². The Labute approximate surface area is 68.2 Å². The van der Waals surface area contributed by atoms with Crippen LogP contribution < -0.4 is 0 Å². The lowest BCUT2D eigenvalue weighted by Crippen LogP contribution is -2.38. The molecule has 0 heterocycles. The van der Waals surface area contributed by atoms with Crippen molar-refractivity contribution in [2.75, 3.05) is 0 Å². The minimum atomic E-state index is 0.0984. The number of fused-ring (bicyclic) bond motifs is 2. The van der Waals surface area contributed by atoms with Crippen molar-refractivity contribution in [1.82, 2.24) is 0 Å². The van der Waals surface area contributed by atoms with Gasteiger partial charge in [0.1, 0.15) is 5.78 Å². The van der Waals surface area contributed by atoms with Crippen LogP contribution in [0.1, 0.15) is 45.4 Å². The van der Waals surface area contributed by atoms with Crippen molar-refractivity contribution >= 4 is 5.78 Å². The van der Waals surface area contributed by atoms with Crippen LogP contribution in [-0.2, 0) is 4.79 Å². The number of hydrogen-bond donors (Lipinski definition) is 0. The molecule has 0 radical (unpaired) electrons. The molecule has 2 atom stereocenters. The van der Waals surface area contributed by atoms with E-state index in [4.69, 9.17) is 0 Å². The molecule has 0 aromatic heterocycles. The highest BCUT2D eigenvalue weighted by molar-refractivity contribution is 5.85. The topological polar surface area (TPSA) is 17.1 Å². The molecule has 2 aliphatic carbocycles. The molecule has 1 heteroatoms. The molecule has 2 unspecified atom stereocenters. The monoisotopic (exact) mass is 152 g/mol. The summed E-state index contributed by atoms with van der Waals surface area (Å²) in [4.78, 5) is 11.5. The maximum atomic E-state index is 11.5. The Kier molecular flexibility index (Phi) is 1.55. The Bertz CT molecular complexity index is 185. The fourth-order valence-corrected chi connectivity index (χ4v) is 2.76. The largest absolute Gasteiger partial charge is 0.299 e. The zero-order valence-corrected chi connectivity index (χ0v) is 7.23. The van der Waals surface area contributed by atoms with Gasteiger partial charge in [-0.2, -0.15) is 0 Å². The molecule has 0 spiro atoms. The number of carbonyl (C=O) groups is 1. The van der Waals surface area contributed by atoms with E-state index in [0.717, 1.165) is 18.8 Å². The summed E-state index contributed by atoms with van der Waals surface area (Å²) in [6.45, 7) is 2.17. The Morgan fingerprint density at radius 3 is 3.00 bits per heavy atom. The molecule has 2 bridgehead atoms. The van der Waals surface area contributed by atoms with E-state index in [1.54, 1.807) is 0 Å². The molecule has 0 N–H and O–H groups in total. The van der Waals surface area contributed by atoms with Crippen LogP contribution in [0, 0.1) is 11.3 Å². The van der Waals surface area contributed by atoms with Crippen molar-refractivity contribution < 1.29 is 4.79 Å². The smallest absolute Gasteiger partial charge is 0.138 e. The Morgan fingerprint density at radius 2 is 2.27 bits per heavy atom. The molecule has 0 aromatic carbocycles. The van der Waals surface area contributed by atoms with Gasteiger partial charge < -0.3 is 0 Å². The standard InChI is InChI=1S/C10H16O/c1-10-6-2-3-8(7-10)4-5-9(10)11/h8H,2-7H2,1H3. The van der Waals surface area contributed by atoms with Crippen molar-refractivity contribution in [2.24, 2.45) is 11.3 Å². The van der Waals surface area contributed by atoms with E-state index < -0.39 is 0 Å². The first-order valence-corrected chi connectivity index (χ1v) is 4.74. The summed E-state index contributed by atoms with van der Waals surface area (Å²) >= 11 is 0. The summed E-state index contributed by atoms with van der Waals surface area (Å²) in [6.07, 6.45) is 7.04. The lowest BCUT2D eigenvalue weighted by Gasteiger charge is -2.41. The molecule has 2 rings (SSSR count). The average molecular weight is 152 g/mol. The molecule has 11 heavy (non-hydrogen) atoms. The summed E-state index contributed by atoms with van der Waals surface area (Å²) in [5.41, 5.74) is 0.0984. The van der Waals surface area contributed by atoms with Crippen LogP contribution in [0.3, 0.4) is 0 Å². The molecule has 1 nitrogen and oxygen atoms in total. The molecule has 2 fully saturated rings. The number of hydrogen-bond acceptors (Lipinski definition) is 1. The van der Waals surface area contributed by atoms with Gasteiger partial charge in [-0.15, -0.1) is 0 Å². The number of ketones is 1. The first kappa shape index (κ1) is 7.33. The van der Waals surface area contributed by atoms with E-state index in [0.29, 0.717) is 5.78 Å². The maximum absolute atomic E-state index is 11.5. The molecule has 2 aliphatic rings. The first-order chi connectivity index (χ1) is 5.21. The molecular weight excluding hydrogens is 136 g/mol. The third-order valence-corrected chi connectivity index (χ3v) is 3.53. The Morgan fingerprint density at radius 1 is 1.45 bits per heavy atom. The lowest BCUT2D eigenvalue weighted by atomic mass is 9.62. The van der Waals surface area contributed by atoms with Crippen LogP contribution in [0.4, 0.5) is 0 Å². The highest BCUT2D eigenvalue weighted by Gasteiger charge is 2.41. The molecule has 62 valence electrons. The summed E-state index contributed by atoms with van der Waals surface area (Å²) in [5, 5.41) is 0. The number of carbonyl (C=O) groups excluding carboxylic acids is 1. The fraction of sp³-hybridized carbons (Fsp3) is 0.900.